The first-order valence-corrected chi connectivity index (χ1v) is 20.6. The highest BCUT2D eigenvalue weighted by atomic mass is 28.3. The average Bonchev–Trinajstić information content (AvgIpc) is 3.09. The molecule has 4 aromatic rings. The molecule has 2 atom stereocenters. The number of benzene rings is 4. The summed E-state index contributed by atoms with van der Waals surface area (Å²) in [6.45, 7) is 10.8. The first-order valence-electron chi connectivity index (χ1n) is 16.9. The van der Waals surface area contributed by atoms with Gasteiger partial charge in [-0.05, 0) is 58.6 Å². The molecule has 0 spiro atoms. The van der Waals surface area contributed by atoms with Crippen LogP contribution in [0.5, 0.6) is 11.5 Å². The van der Waals surface area contributed by atoms with Crippen LogP contribution in [0.1, 0.15) is 35.4 Å². The van der Waals surface area contributed by atoms with E-state index in [4.69, 9.17) is 23.7 Å². The van der Waals surface area contributed by atoms with Crippen LogP contribution in [-0.4, -0.2) is 70.0 Å². The summed E-state index contributed by atoms with van der Waals surface area (Å²) in [4.78, 5) is 13.2. The van der Waals surface area contributed by atoms with Gasteiger partial charge < -0.3 is 33.7 Å². The van der Waals surface area contributed by atoms with Crippen molar-refractivity contribution in [3.8, 4) is 11.5 Å². The summed E-state index contributed by atoms with van der Waals surface area (Å²) in [5.41, 5.74) is 3.20. The van der Waals surface area contributed by atoms with Crippen molar-refractivity contribution < 1.29 is 33.6 Å². The zero-order chi connectivity index (χ0) is 33.8. The van der Waals surface area contributed by atoms with E-state index in [-0.39, 0.29) is 18.8 Å². The molecule has 1 fully saturated rings. The van der Waals surface area contributed by atoms with Crippen LogP contribution in [0.25, 0.3) is 10.8 Å². The van der Waals surface area contributed by atoms with Crippen LogP contribution < -0.4 is 9.47 Å². The normalized spacial score (nSPS) is 16.6. The van der Waals surface area contributed by atoms with Crippen LogP contribution in [-0.2, 0) is 27.4 Å². The van der Waals surface area contributed by atoms with E-state index in [9.17, 15) is 9.90 Å². The number of amides is 1. The fraction of sp³-hybridized carbons (Fsp3) is 0.410. The topological polar surface area (TPSA) is 86.7 Å². The molecule has 4 aromatic carbocycles. The Bertz CT molecular complexity index is 1590. The molecule has 1 amide bonds. The molecule has 1 saturated heterocycles. The van der Waals surface area contributed by atoms with Gasteiger partial charge in [-0.3, -0.25) is 0 Å². The Hall–Kier alpha value is -3.89. The largest absolute Gasteiger partial charge is 0.494 e. The molecule has 5 rings (SSSR count). The van der Waals surface area contributed by atoms with Crippen molar-refractivity contribution in [3.63, 3.8) is 0 Å². The highest BCUT2D eigenvalue weighted by Gasteiger charge is 2.33. The van der Waals surface area contributed by atoms with Crippen molar-refractivity contribution in [2.75, 3.05) is 39.7 Å². The molecule has 1 aliphatic heterocycles. The monoisotopic (exact) mass is 671 g/mol. The Kier molecular flexibility index (Phi) is 12.9. The van der Waals surface area contributed by atoms with Gasteiger partial charge in [0.25, 0.3) is 0 Å². The van der Waals surface area contributed by atoms with E-state index < -0.39 is 14.2 Å². The Labute approximate surface area is 285 Å². The molecular formula is C39H49NO7Si. The summed E-state index contributed by atoms with van der Waals surface area (Å²) in [5, 5.41) is 12.0. The van der Waals surface area contributed by atoms with Gasteiger partial charge in [-0.25, -0.2) is 4.79 Å². The minimum absolute atomic E-state index is 0.0899. The smallest absolute Gasteiger partial charge is 0.407 e. The van der Waals surface area contributed by atoms with Crippen molar-refractivity contribution in [1.82, 2.24) is 4.90 Å². The van der Waals surface area contributed by atoms with Crippen LogP contribution in [0.3, 0.4) is 0 Å². The predicted molar refractivity (Wildman–Crippen MR) is 192 cm³/mol. The first-order chi connectivity index (χ1) is 23.2. The third kappa shape index (κ3) is 10.8. The molecule has 2 unspecified atom stereocenters. The fourth-order valence-electron chi connectivity index (χ4n) is 5.82. The van der Waals surface area contributed by atoms with E-state index in [1.165, 1.54) is 10.3 Å². The molecule has 0 radical (unpaired) electrons. The van der Waals surface area contributed by atoms with Crippen LogP contribution in [0, 0.1) is 0 Å². The number of para-hydroxylation sites is 1. The molecule has 1 heterocycles. The summed E-state index contributed by atoms with van der Waals surface area (Å²) >= 11 is 0. The van der Waals surface area contributed by atoms with Crippen molar-refractivity contribution >= 4 is 24.9 Å². The summed E-state index contributed by atoms with van der Waals surface area (Å²) in [7, 11) is -1.12. The van der Waals surface area contributed by atoms with Gasteiger partial charge in [0.1, 0.15) is 11.5 Å². The zero-order valence-corrected chi connectivity index (χ0v) is 29.4. The Morgan fingerprint density at radius 1 is 0.833 bits per heavy atom. The SMILES string of the molecule is C[Si](C)(C)CCOCOc1ccccc1COCCCOc1ccc(C2CCN(C(=O)O)CC2OCc2ccc3ccccc3c2)cc1. The highest BCUT2D eigenvalue weighted by Crippen LogP contribution is 2.32. The van der Waals surface area contributed by atoms with Gasteiger partial charge in [-0.2, -0.15) is 0 Å². The Morgan fingerprint density at radius 2 is 1.60 bits per heavy atom. The fourth-order valence-corrected chi connectivity index (χ4v) is 6.58. The van der Waals surface area contributed by atoms with Gasteiger partial charge in [-0.1, -0.05) is 86.4 Å². The van der Waals surface area contributed by atoms with Crippen LogP contribution in [0.4, 0.5) is 4.79 Å². The van der Waals surface area contributed by atoms with Crippen molar-refractivity contribution in [3.05, 3.63) is 108 Å². The molecular weight excluding hydrogens is 623 g/mol. The number of nitrogens with zero attached hydrogens (tertiary/aromatic N) is 1. The molecule has 1 N–H and O–H groups in total. The molecule has 48 heavy (non-hydrogen) atoms. The van der Waals surface area contributed by atoms with Gasteiger partial charge in [0.2, 0.25) is 0 Å². The summed E-state index contributed by atoms with van der Waals surface area (Å²) in [6, 6.07) is 31.7. The van der Waals surface area contributed by atoms with Gasteiger partial charge in [-0.15, -0.1) is 0 Å². The molecule has 0 aromatic heterocycles. The van der Waals surface area contributed by atoms with Crippen LogP contribution in [0.2, 0.25) is 25.7 Å². The van der Waals surface area contributed by atoms with Crippen LogP contribution in [0.15, 0.2) is 91.0 Å². The number of carboxylic acid groups (broad SMARTS) is 1. The lowest BCUT2D eigenvalue weighted by Crippen LogP contribution is -2.46. The third-order valence-electron chi connectivity index (χ3n) is 8.64. The minimum atomic E-state index is -1.12. The number of rotatable bonds is 17. The quantitative estimate of drug-likeness (QED) is 0.0684. The highest BCUT2D eigenvalue weighted by molar-refractivity contribution is 6.76. The van der Waals surface area contributed by atoms with Crippen molar-refractivity contribution in [2.24, 2.45) is 0 Å². The molecule has 0 aliphatic carbocycles. The number of carbonyl (C=O) groups is 1. The van der Waals surface area contributed by atoms with E-state index in [1.54, 1.807) is 0 Å². The average molecular weight is 672 g/mol. The summed E-state index contributed by atoms with van der Waals surface area (Å²) in [5.74, 6) is 1.67. The maximum Gasteiger partial charge on any atom is 0.407 e. The number of likely N-dealkylation sites (tertiary alicyclic amines) is 1. The number of hydrogen-bond acceptors (Lipinski definition) is 6. The second kappa shape index (κ2) is 17.5. The lowest BCUT2D eigenvalue weighted by Gasteiger charge is -2.37. The summed E-state index contributed by atoms with van der Waals surface area (Å²) < 4.78 is 29.9. The van der Waals surface area contributed by atoms with Gasteiger partial charge in [0.05, 0.1) is 39.1 Å². The standard InChI is InChI=1S/C39H49NO7Si/c1-48(2,3)24-23-44-29-47-37-12-7-6-11-34(37)28-43-21-8-22-45-35-17-15-32(16-18-35)36-19-20-40(39(41)42)26-38(36)46-27-30-13-14-31-9-4-5-10-33(31)25-30/h4-7,9-18,25,36,38H,8,19-24,26-29H2,1-3H3,(H,41,42). The van der Waals surface area contributed by atoms with Gasteiger partial charge in [0.15, 0.2) is 6.79 Å². The molecule has 0 saturated carbocycles. The maximum absolute atomic E-state index is 11.8. The second-order valence-electron chi connectivity index (χ2n) is 13.6. The number of piperidine rings is 1. The molecule has 1 aliphatic rings. The van der Waals surface area contributed by atoms with E-state index >= 15 is 0 Å². The van der Waals surface area contributed by atoms with E-state index in [1.807, 2.05) is 48.5 Å². The Balaban J connectivity index is 1.06. The zero-order valence-electron chi connectivity index (χ0n) is 28.4. The van der Waals surface area contributed by atoms with Crippen molar-refractivity contribution in [2.45, 2.75) is 63.8 Å². The van der Waals surface area contributed by atoms with E-state index in [2.05, 4.69) is 62.1 Å². The van der Waals surface area contributed by atoms with Crippen LogP contribution >= 0.6 is 0 Å². The minimum Gasteiger partial charge on any atom is -0.494 e. The molecule has 256 valence electrons. The third-order valence-corrected chi connectivity index (χ3v) is 10.3. The second-order valence-corrected chi connectivity index (χ2v) is 19.2. The van der Waals surface area contributed by atoms with E-state index in [0.717, 1.165) is 52.6 Å². The Morgan fingerprint density at radius 3 is 2.40 bits per heavy atom. The lowest BCUT2D eigenvalue weighted by atomic mass is 9.87. The molecule has 8 nitrogen and oxygen atoms in total. The van der Waals surface area contributed by atoms with E-state index in [0.29, 0.717) is 45.9 Å². The first kappa shape index (κ1) is 35.4. The number of fused-ring (bicyclic) bond motifs is 1. The van der Waals surface area contributed by atoms with Gasteiger partial charge in [0, 0.05) is 39.1 Å². The number of ether oxygens (including phenoxy) is 5. The van der Waals surface area contributed by atoms with Gasteiger partial charge >= 0.3 is 6.09 Å². The number of hydrogen-bond donors (Lipinski definition) is 1. The summed E-state index contributed by atoms with van der Waals surface area (Å²) in [6.07, 6.45) is 0.300. The maximum atomic E-state index is 11.8. The predicted octanol–water partition coefficient (Wildman–Crippen LogP) is 8.57. The molecule has 0 bridgehead atoms. The lowest BCUT2D eigenvalue weighted by molar-refractivity contribution is -0.0199. The molecule has 9 heteroatoms. The van der Waals surface area contributed by atoms with Crippen molar-refractivity contribution in [1.29, 1.82) is 0 Å².